The minimum Gasteiger partial charge on any atom is -0.493 e. The fourth-order valence-electron chi connectivity index (χ4n) is 3.80. The minimum atomic E-state index is -0.448. The van der Waals surface area contributed by atoms with Crippen molar-refractivity contribution in [2.75, 3.05) is 60.6 Å². The Balaban J connectivity index is 1.41. The van der Waals surface area contributed by atoms with Crippen molar-refractivity contribution in [3.05, 3.63) is 40.1 Å². The van der Waals surface area contributed by atoms with Crippen molar-refractivity contribution in [1.82, 2.24) is 20.4 Å². The van der Waals surface area contributed by atoms with Crippen LogP contribution in [0.1, 0.15) is 10.4 Å². The number of piperazine rings is 1. The minimum absolute atomic E-state index is 0.200. The quantitative estimate of drug-likeness (QED) is 0.542. The summed E-state index contributed by atoms with van der Waals surface area (Å²) in [5.74, 6) is 1.59. The van der Waals surface area contributed by atoms with Crippen LogP contribution in [-0.2, 0) is 17.8 Å². The van der Waals surface area contributed by atoms with E-state index in [0.29, 0.717) is 30.3 Å². The van der Waals surface area contributed by atoms with E-state index in [1.54, 1.807) is 32.7 Å². The van der Waals surface area contributed by atoms with Gasteiger partial charge in [0.2, 0.25) is 11.7 Å². The Morgan fingerprint density at radius 1 is 0.970 bits per heavy atom. The summed E-state index contributed by atoms with van der Waals surface area (Å²) in [6.45, 7) is 4.49. The number of urea groups is 1. The normalized spacial score (nSPS) is 14.5. The van der Waals surface area contributed by atoms with Gasteiger partial charge in [0, 0.05) is 49.7 Å². The lowest BCUT2D eigenvalue weighted by Gasteiger charge is -2.34. The largest absolute Gasteiger partial charge is 0.493 e. The summed E-state index contributed by atoms with van der Waals surface area (Å²) >= 11 is 1.65. The molecule has 2 heterocycles. The van der Waals surface area contributed by atoms with Crippen molar-refractivity contribution < 1.29 is 23.8 Å². The number of rotatable bonds is 10. The Hall–Kier alpha value is -2.82. The molecule has 0 radical (unpaired) electrons. The Labute approximate surface area is 198 Å². The van der Waals surface area contributed by atoms with Gasteiger partial charge >= 0.3 is 6.03 Å². The number of imide groups is 1. The molecule has 0 spiro atoms. The molecule has 3 amide bonds. The number of ether oxygens (including phenoxy) is 3. The summed E-state index contributed by atoms with van der Waals surface area (Å²) in [5.41, 5.74) is 1.01. The van der Waals surface area contributed by atoms with Crippen LogP contribution in [0.4, 0.5) is 4.79 Å². The highest BCUT2D eigenvalue weighted by molar-refractivity contribution is 7.09. The first kappa shape index (κ1) is 24.8. The van der Waals surface area contributed by atoms with E-state index >= 15 is 0 Å². The molecule has 1 aromatic heterocycles. The van der Waals surface area contributed by atoms with Gasteiger partial charge in [-0.05, 0) is 23.9 Å². The molecule has 1 saturated heterocycles. The van der Waals surface area contributed by atoms with E-state index in [2.05, 4.69) is 20.4 Å². The maximum absolute atomic E-state index is 12.2. The van der Waals surface area contributed by atoms with Crippen LogP contribution in [0.3, 0.4) is 0 Å². The summed E-state index contributed by atoms with van der Waals surface area (Å²) in [7, 11) is 4.81. The lowest BCUT2D eigenvalue weighted by molar-refractivity contribution is -0.121. The summed E-state index contributed by atoms with van der Waals surface area (Å²) in [5, 5.41) is 7.15. The molecule has 2 aromatic rings. The van der Waals surface area contributed by atoms with Gasteiger partial charge in [-0.3, -0.25) is 19.9 Å². The number of nitrogens with zero attached hydrogens (tertiary/aromatic N) is 2. The standard InChI is InChI=1S/C23H32N4O5S/c1-30-19-7-6-17(21(31-2)22(19)32-3)15-26-10-12-27(13-11-26)16-20(28)25-23(29)24-9-8-18-5-4-14-33-18/h4-7,14H,8-13,15-16H2,1-3H3,(H2,24,25,28,29). The Morgan fingerprint density at radius 3 is 2.33 bits per heavy atom. The van der Waals surface area contributed by atoms with E-state index < -0.39 is 6.03 Å². The first-order chi connectivity index (χ1) is 16.0. The molecule has 1 aliphatic heterocycles. The second kappa shape index (κ2) is 12.4. The van der Waals surface area contributed by atoms with E-state index in [9.17, 15) is 9.59 Å². The zero-order chi connectivity index (χ0) is 23.6. The van der Waals surface area contributed by atoms with Crippen molar-refractivity contribution in [3.8, 4) is 17.2 Å². The second-order valence-corrected chi connectivity index (χ2v) is 8.71. The number of hydrogen-bond donors (Lipinski definition) is 2. The first-order valence-electron chi connectivity index (χ1n) is 10.9. The number of hydrogen-bond acceptors (Lipinski definition) is 8. The number of benzene rings is 1. The highest BCUT2D eigenvalue weighted by atomic mass is 32.1. The zero-order valence-corrected chi connectivity index (χ0v) is 20.2. The van der Waals surface area contributed by atoms with E-state index in [1.165, 1.54) is 4.88 Å². The molecule has 1 aromatic carbocycles. The van der Waals surface area contributed by atoms with Gasteiger partial charge in [-0.2, -0.15) is 0 Å². The topological polar surface area (TPSA) is 92.4 Å². The number of thiophene rings is 1. The van der Waals surface area contributed by atoms with Gasteiger partial charge in [0.25, 0.3) is 0 Å². The molecule has 3 rings (SSSR count). The predicted octanol–water partition coefficient (Wildman–Crippen LogP) is 1.96. The molecule has 0 saturated carbocycles. The molecule has 0 unspecified atom stereocenters. The molecule has 1 fully saturated rings. The van der Waals surface area contributed by atoms with E-state index in [0.717, 1.165) is 38.2 Å². The van der Waals surface area contributed by atoms with Gasteiger partial charge in [-0.25, -0.2) is 4.79 Å². The molecule has 180 valence electrons. The van der Waals surface area contributed by atoms with E-state index in [-0.39, 0.29) is 12.5 Å². The van der Waals surface area contributed by atoms with Crippen molar-refractivity contribution >= 4 is 23.3 Å². The van der Waals surface area contributed by atoms with Crippen molar-refractivity contribution in [1.29, 1.82) is 0 Å². The van der Waals surface area contributed by atoms with Gasteiger partial charge < -0.3 is 19.5 Å². The molecular formula is C23H32N4O5S. The second-order valence-electron chi connectivity index (χ2n) is 7.68. The van der Waals surface area contributed by atoms with Crippen LogP contribution < -0.4 is 24.8 Å². The molecule has 33 heavy (non-hydrogen) atoms. The number of nitrogens with one attached hydrogen (secondary N) is 2. The SMILES string of the molecule is COc1ccc(CN2CCN(CC(=O)NC(=O)NCCc3cccs3)CC2)c(OC)c1OC. The van der Waals surface area contributed by atoms with Crippen LogP contribution in [0.2, 0.25) is 0 Å². The lowest BCUT2D eigenvalue weighted by atomic mass is 10.1. The fourth-order valence-corrected chi connectivity index (χ4v) is 4.51. The number of carbonyl (C=O) groups excluding carboxylic acids is 2. The molecule has 0 atom stereocenters. The van der Waals surface area contributed by atoms with Crippen LogP contribution in [-0.4, -0.2) is 82.3 Å². The highest BCUT2D eigenvalue weighted by Gasteiger charge is 2.22. The fraction of sp³-hybridized carbons (Fsp3) is 0.478. The summed E-state index contributed by atoms with van der Waals surface area (Å²) in [4.78, 5) is 29.7. The summed E-state index contributed by atoms with van der Waals surface area (Å²) in [6.07, 6.45) is 0.756. The number of carbonyl (C=O) groups is 2. The van der Waals surface area contributed by atoms with Crippen LogP contribution in [0, 0.1) is 0 Å². The van der Waals surface area contributed by atoms with Gasteiger partial charge in [-0.1, -0.05) is 12.1 Å². The highest BCUT2D eigenvalue weighted by Crippen LogP contribution is 2.40. The first-order valence-corrected chi connectivity index (χ1v) is 11.7. The molecular weight excluding hydrogens is 444 g/mol. The molecule has 2 N–H and O–H groups in total. The zero-order valence-electron chi connectivity index (χ0n) is 19.4. The monoisotopic (exact) mass is 476 g/mol. The number of methoxy groups -OCH3 is 3. The molecule has 0 bridgehead atoms. The molecule has 0 aliphatic carbocycles. The van der Waals surface area contributed by atoms with Crippen LogP contribution in [0.15, 0.2) is 29.6 Å². The van der Waals surface area contributed by atoms with Gasteiger partial charge in [0.15, 0.2) is 11.5 Å². The predicted molar refractivity (Wildman–Crippen MR) is 127 cm³/mol. The lowest BCUT2D eigenvalue weighted by Crippen LogP contribution is -2.50. The maximum atomic E-state index is 12.2. The summed E-state index contributed by atoms with van der Waals surface area (Å²) in [6, 6.07) is 7.42. The summed E-state index contributed by atoms with van der Waals surface area (Å²) < 4.78 is 16.4. The van der Waals surface area contributed by atoms with Gasteiger partial charge in [-0.15, -0.1) is 11.3 Å². The van der Waals surface area contributed by atoms with E-state index in [4.69, 9.17) is 14.2 Å². The smallest absolute Gasteiger partial charge is 0.321 e. The average molecular weight is 477 g/mol. The Bertz CT molecular complexity index is 914. The van der Waals surface area contributed by atoms with Crippen molar-refractivity contribution in [3.63, 3.8) is 0 Å². The molecule has 9 nitrogen and oxygen atoms in total. The van der Waals surface area contributed by atoms with Gasteiger partial charge in [0.1, 0.15) is 0 Å². The van der Waals surface area contributed by atoms with Crippen LogP contribution >= 0.6 is 11.3 Å². The average Bonchev–Trinajstić information content (AvgIpc) is 3.33. The molecule has 1 aliphatic rings. The third-order valence-corrected chi connectivity index (χ3v) is 6.44. The Kier molecular flexibility index (Phi) is 9.35. The van der Waals surface area contributed by atoms with Crippen molar-refractivity contribution in [2.45, 2.75) is 13.0 Å². The third-order valence-electron chi connectivity index (χ3n) is 5.50. The molecule has 10 heteroatoms. The van der Waals surface area contributed by atoms with Crippen LogP contribution in [0.5, 0.6) is 17.2 Å². The third kappa shape index (κ3) is 7.08. The van der Waals surface area contributed by atoms with Crippen LogP contribution in [0.25, 0.3) is 0 Å². The Morgan fingerprint density at radius 2 is 1.70 bits per heavy atom. The number of amides is 3. The maximum Gasteiger partial charge on any atom is 0.321 e. The van der Waals surface area contributed by atoms with E-state index in [1.807, 2.05) is 29.6 Å². The van der Waals surface area contributed by atoms with Crippen molar-refractivity contribution in [2.24, 2.45) is 0 Å². The van der Waals surface area contributed by atoms with Gasteiger partial charge in [0.05, 0.1) is 27.9 Å².